The van der Waals surface area contributed by atoms with Crippen LogP contribution in [0, 0.1) is 10.1 Å². The van der Waals surface area contributed by atoms with Crippen molar-refractivity contribution < 1.29 is 9.66 Å². The van der Waals surface area contributed by atoms with Gasteiger partial charge >= 0.3 is 11.6 Å². The molecule has 0 spiro atoms. The molecule has 0 amide bonds. The van der Waals surface area contributed by atoms with Crippen LogP contribution in [0.25, 0.3) is 0 Å². The van der Waals surface area contributed by atoms with Crippen molar-refractivity contribution in [3.63, 3.8) is 0 Å². The molecule has 0 atom stereocenters. The molecule has 0 aliphatic heterocycles. The molecule has 1 saturated carbocycles. The van der Waals surface area contributed by atoms with Gasteiger partial charge in [0.2, 0.25) is 5.82 Å². The molecule has 1 aliphatic carbocycles. The second kappa shape index (κ2) is 7.04. The lowest BCUT2D eigenvalue weighted by molar-refractivity contribution is -0.385. The lowest BCUT2D eigenvalue weighted by Gasteiger charge is -2.23. The summed E-state index contributed by atoms with van der Waals surface area (Å²) in [6.45, 7) is 0. The molecule has 120 valence electrons. The van der Waals surface area contributed by atoms with E-state index in [1.165, 1.54) is 12.7 Å². The third-order valence-corrected chi connectivity index (χ3v) is 3.88. The standard InChI is InChI=1S/C16H18N4O3/c21-20(22)14-15(19-12-7-3-1-4-8-12)17-11-18-16(14)23-13-9-5-2-6-10-13/h2,5-6,9-12H,1,3-4,7-8H2,(H,17,18,19). The zero-order chi connectivity index (χ0) is 16.1. The van der Waals surface area contributed by atoms with E-state index in [0.29, 0.717) is 5.75 Å². The number of para-hydroxylation sites is 1. The van der Waals surface area contributed by atoms with Gasteiger partial charge < -0.3 is 10.1 Å². The third-order valence-electron chi connectivity index (χ3n) is 3.88. The van der Waals surface area contributed by atoms with Gasteiger partial charge in [-0.3, -0.25) is 10.1 Å². The molecule has 1 aliphatic rings. The summed E-state index contributed by atoms with van der Waals surface area (Å²) in [5.74, 6) is 0.676. The molecule has 3 rings (SSSR count). The Kier molecular flexibility index (Phi) is 4.65. The fraction of sp³-hybridized carbons (Fsp3) is 0.375. The molecule has 1 N–H and O–H groups in total. The molecule has 7 nitrogen and oxygen atoms in total. The van der Waals surface area contributed by atoms with Crippen LogP contribution >= 0.6 is 0 Å². The lowest BCUT2D eigenvalue weighted by Crippen LogP contribution is -2.23. The lowest BCUT2D eigenvalue weighted by atomic mass is 9.95. The number of nitrogens with zero attached hydrogens (tertiary/aromatic N) is 3. The fourth-order valence-corrected chi connectivity index (χ4v) is 2.75. The minimum Gasteiger partial charge on any atom is -0.434 e. The molecule has 0 bridgehead atoms. The highest BCUT2D eigenvalue weighted by molar-refractivity contribution is 5.62. The largest absolute Gasteiger partial charge is 0.434 e. The van der Waals surface area contributed by atoms with E-state index in [1.807, 2.05) is 6.07 Å². The highest BCUT2D eigenvalue weighted by atomic mass is 16.6. The van der Waals surface area contributed by atoms with Crippen LogP contribution in [0.2, 0.25) is 0 Å². The minimum absolute atomic E-state index is 0.0468. The van der Waals surface area contributed by atoms with Crippen LogP contribution in [0.1, 0.15) is 32.1 Å². The molecule has 1 aromatic heterocycles. The van der Waals surface area contributed by atoms with Gasteiger partial charge in [0.15, 0.2) is 0 Å². The molecule has 23 heavy (non-hydrogen) atoms. The Morgan fingerprint density at radius 3 is 2.57 bits per heavy atom. The first-order chi connectivity index (χ1) is 11.2. The summed E-state index contributed by atoms with van der Waals surface area (Å²) in [5.41, 5.74) is -0.220. The Morgan fingerprint density at radius 1 is 1.13 bits per heavy atom. The fourth-order valence-electron chi connectivity index (χ4n) is 2.75. The smallest absolute Gasteiger partial charge is 0.373 e. The van der Waals surface area contributed by atoms with Crippen molar-refractivity contribution in [3.8, 4) is 11.6 Å². The maximum atomic E-state index is 11.5. The number of rotatable bonds is 5. The van der Waals surface area contributed by atoms with Crippen molar-refractivity contribution in [1.82, 2.24) is 9.97 Å². The van der Waals surface area contributed by atoms with Gasteiger partial charge in [0.05, 0.1) is 4.92 Å². The van der Waals surface area contributed by atoms with Crippen LogP contribution in [0.3, 0.4) is 0 Å². The summed E-state index contributed by atoms with van der Waals surface area (Å²) in [5, 5.41) is 14.7. The van der Waals surface area contributed by atoms with Crippen molar-refractivity contribution in [3.05, 3.63) is 46.8 Å². The van der Waals surface area contributed by atoms with Gasteiger partial charge in [-0.1, -0.05) is 37.5 Å². The first-order valence-electron chi connectivity index (χ1n) is 7.73. The van der Waals surface area contributed by atoms with Crippen LogP contribution in [-0.2, 0) is 0 Å². The molecule has 1 aromatic carbocycles. The Balaban J connectivity index is 1.87. The van der Waals surface area contributed by atoms with E-state index in [9.17, 15) is 10.1 Å². The van der Waals surface area contributed by atoms with Crippen molar-refractivity contribution in [1.29, 1.82) is 0 Å². The van der Waals surface area contributed by atoms with E-state index in [-0.39, 0.29) is 23.4 Å². The van der Waals surface area contributed by atoms with Gasteiger partial charge in [0, 0.05) is 6.04 Å². The van der Waals surface area contributed by atoms with Crippen LogP contribution < -0.4 is 10.1 Å². The molecule has 1 heterocycles. The second-order valence-corrected chi connectivity index (χ2v) is 5.53. The van der Waals surface area contributed by atoms with Crippen molar-refractivity contribution >= 4 is 11.5 Å². The minimum atomic E-state index is -0.497. The summed E-state index contributed by atoms with van der Waals surface area (Å²) in [4.78, 5) is 19.0. The molecule has 0 radical (unpaired) electrons. The number of hydrogen-bond donors (Lipinski definition) is 1. The summed E-state index contributed by atoms with van der Waals surface area (Å²) in [6, 6.07) is 9.09. The maximum Gasteiger partial charge on any atom is 0.373 e. The monoisotopic (exact) mass is 314 g/mol. The van der Waals surface area contributed by atoms with Crippen molar-refractivity contribution in [2.45, 2.75) is 38.1 Å². The third kappa shape index (κ3) is 3.74. The quantitative estimate of drug-likeness (QED) is 0.664. The highest BCUT2D eigenvalue weighted by Gasteiger charge is 2.27. The van der Waals surface area contributed by atoms with E-state index in [0.717, 1.165) is 25.7 Å². The number of nitro groups is 1. The normalized spacial score (nSPS) is 15.1. The van der Waals surface area contributed by atoms with Crippen molar-refractivity contribution in [2.24, 2.45) is 0 Å². The highest BCUT2D eigenvalue weighted by Crippen LogP contribution is 2.35. The van der Waals surface area contributed by atoms with Gasteiger partial charge in [0.1, 0.15) is 12.1 Å². The number of nitrogens with one attached hydrogen (secondary N) is 1. The molecule has 7 heteroatoms. The Bertz CT molecular complexity index is 672. The molecule has 0 unspecified atom stereocenters. The van der Waals surface area contributed by atoms with E-state index < -0.39 is 4.92 Å². The van der Waals surface area contributed by atoms with Gasteiger partial charge in [-0.25, -0.2) is 4.98 Å². The van der Waals surface area contributed by atoms with Crippen LogP contribution in [-0.4, -0.2) is 20.9 Å². The number of hydrogen-bond acceptors (Lipinski definition) is 6. The number of aromatic nitrogens is 2. The predicted molar refractivity (Wildman–Crippen MR) is 85.7 cm³/mol. The first-order valence-corrected chi connectivity index (χ1v) is 7.73. The molecule has 0 saturated heterocycles. The van der Waals surface area contributed by atoms with Crippen molar-refractivity contribution in [2.75, 3.05) is 5.32 Å². The zero-order valence-corrected chi connectivity index (χ0v) is 12.6. The average molecular weight is 314 g/mol. The SMILES string of the molecule is O=[N+]([O-])c1c(NC2CCCCC2)ncnc1Oc1ccccc1. The number of benzene rings is 1. The summed E-state index contributed by atoms with van der Waals surface area (Å²) < 4.78 is 5.57. The number of anilines is 1. The van der Waals surface area contributed by atoms with Crippen LogP contribution in [0.5, 0.6) is 11.6 Å². The van der Waals surface area contributed by atoms with Gasteiger partial charge in [-0.15, -0.1) is 0 Å². The van der Waals surface area contributed by atoms with E-state index >= 15 is 0 Å². The topological polar surface area (TPSA) is 90.2 Å². The number of ether oxygens (including phenoxy) is 1. The Morgan fingerprint density at radius 2 is 1.87 bits per heavy atom. The predicted octanol–water partition coefficient (Wildman–Crippen LogP) is 3.92. The molecular formula is C16H18N4O3. The first kappa shape index (κ1) is 15.2. The van der Waals surface area contributed by atoms with Crippen LogP contribution in [0.4, 0.5) is 11.5 Å². The van der Waals surface area contributed by atoms with E-state index in [4.69, 9.17) is 4.74 Å². The average Bonchev–Trinajstić information content (AvgIpc) is 2.56. The summed E-state index contributed by atoms with van der Waals surface area (Å²) in [6.07, 6.45) is 6.75. The van der Waals surface area contributed by atoms with E-state index in [1.54, 1.807) is 24.3 Å². The van der Waals surface area contributed by atoms with Crippen LogP contribution in [0.15, 0.2) is 36.7 Å². The van der Waals surface area contributed by atoms with E-state index in [2.05, 4.69) is 15.3 Å². The Hall–Kier alpha value is -2.70. The van der Waals surface area contributed by atoms with Gasteiger partial charge in [-0.2, -0.15) is 4.98 Å². The molecular weight excluding hydrogens is 296 g/mol. The Labute approximate surface area is 133 Å². The second-order valence-electron chi connectivity index (χ2n) is 5.53. The summed E-state index contributed by atoms with van der Waals surface area (Å²) in [7, 11) is 0. The van der Waals surface area contributed by atoms with Gasteiger partial charge in [-0.05, 0) is 25.0 Å². The molecule has 2 aromatic rings. The summed E-state index contributed by atoms with van der Waals surface area (Å²) >= 11 is 0. The van der Waals surface area contributed by atoms with Gasteiger partial charge in [0.25, 0.3) is 0 Å². The molecule has 1 fully saturated rings. The zero-order valence-electron chi connectivity index (χ0n) is 12.6. The maximum absolute atomic E-state index is 11.5.